The Labute approximate surface area is 108 Å². The average molecular weight is 299 g/mol. The number of methoxy groups -OCH3 is 2. The van der Waals surface area contributed by atoms with Gasteiger partial charge in [-0.1, -0.05) is 0 Å². The highest BCUT2D eigenvalue weighted by Gasteiger charge is 2.22. The van der Waals surface area contributed by atoms with E-state index in [2.05, 4.69) is 0 Å². The Kier molecular flexibility index (Phi) is 4.24. The molecule has 0 amide bonds. The van der Waals surface area contributed by atoms with Crippen molar-refractivity contribution in [2.75, 3.05) is 14.2 Å². The zero-order chi connectivity index (χ0) is 13.2. The summed E-state index contributed by atoms with van der Waals surface area (Å²) >= 11 is 5.31. The number of hydrogen-bond acceptors (Lipinski definition) is 5. The molecule has 8 heteroatoms. The van der Waals surface area contributed by atoms with E-state index >= 15 is 0 Å². The minimum absolute atomic E-state index is 0.0292. The van der Waals surface area contributed by atoms with E-state index in [0.29, 0.717) is 0 Å². The third-order valence-electron chi connectivity index (χ3n) is 1.96. The molecule has 1 aromatic rings. The summed E-state index contributed by atoms with van der Waals surface area (Å²) in [7, 11) is 3.74. The average Bonchev–Trinajstić information content (AvgIpc) is 2.25. The Bertz CT molecular complexity index is 553. The predicted molar refractivity (Wildman–Crippen MR) is 62.8 cm³/mol. The summed E-state index contributed by atoms with van der Waals surface area (Å²) in [6.45, 7) is 0. The van der Waals surface area contributed by atoms with Crippen LogP contribution in [0.1, 0.15) is 10.4 Å². The van der Waals surface area contributed by atoms with Crippen LogP contribution in [0.3, 0.4) is 0 Å². The highest BCUT2D eigenvalue weighted by molar-refractivity contribution is 8.13. The first kappa shape index (κ1) is 14.1. The van der Waals surface area contributed by atoms with Gasteiger partial charge >= 0.3 is 0 Å². The van der Waals surface area contributed by atoms with Crippen molar-refractivity contribution < 1.29 is 22.7 Å². The van der Waals surface area contributed by atoms with E-state index in [1.54, 1.807) is 0 Å². The number of halogens is 2. The molecular formula is C9H8Cl2O5S. The van der Waals surface area contributed by atoms with Crippen LogP contribution in [0.5, 0.6) is 11.5 Å². The van der Waals surface area contributed by atoms with E-state index in [9.17, 15) is 13.2 Å². The van der Waals surface area contributed by atoms with Crippen LogP contribution in [0.25, 0.3) is 0 Å². The topological polar surface area (TPSA) is 69.7 Å². The van der Waals surface area contributed by atoms with Crippen LogP contribution < -0.4 is 9.47 Å². The molecule has 0 bridgehead atoms. The van der Waals surface area contributed by atoms with Gasteiger partial charge in [-0.15, -0.1) is 0 Å². The summed E-state index contributed by atoms with van der Waals surface area (Å²) < 4.78 is 32.3. The van der Waals surface area contributed by atoms with Crippen molar-refractivity contribution in [3.63, 3.8) is 0 Å². The van der Waals surface area contributed by atoms with Crippen LogP contribution in [0.15, 0.2) is 17.0 Å². The SMILES string of the molecule is COc1cc(OC)c(S(=O)(=O)Cl)cc1C(=O)Cl. The van der Waals surface area contributed by atoms with Gasteiger partial charge in [-0.05, 0) is 17.7 Å². The molecule has 0 N–H and O–H groups in total. The fourth-order valence-corrected chi connectivity index (χ4v) is 2.36. The first-order chi connectivity index (χ1) is 7.81. The standard InChI is InChI=1S/C9H8Cl2O5S/c1-15-6-4-7(16-2)8(17(11,13)14)3-5(6)9(10)12/h3-4H,1-2H3. The molecule has 0 saturated heterocycles. The zero-order valence-electron chi connectivity index (χ0n) is 8.86. The van der Waals surface area contributed by atoms with E-state index in [-0.39, 0.29) is 22.0 Å². The first-order valence-corrected chi connectivity index (χ1v) is 6.90. The van der Waals surface area contributed by atoms with Gasteiger partial charge in [0.25, 0.3) is 14.3 Å². The summed E-state index contributed by atoms with van der Waals surface area (Å²) in [5.41, 5.74) is -0.103. The van der Waals surface area contributed by atoms with Gasteiger partial charge in [0, 0.05) is 16.7 Å². The number of hydrogen-bond donors (Lipinski definition) is 0. The van der Waals surface area contributed by atoms with Gasteiger partial charge in [-0.2, -0.15) is 0 Å². The van der Waals surface area contributed by atoms with Crippen LogP contribution in [0.2, 0.25) is 0 Å². The lowest BCUT2D eigenvalue weighted by molar-refractivity contribution is 0.107. The van der Waals surface area contributed by atoms with E-state index in [1.165, 1.54) is 20.3 Å². The van der Waals surface area contributed by atoms with Crippen LogP contribution in [0.4, 0.5) is 0 Å². The van der Waals surface area contributed by atoms with Crippen molar-refractivity contribution in [2.24, 2.45) is 0 Å². The Morgan fingerprint density at radius 2 is 1.71 bits per heavy atom. The van der Waals surface area contributed by atoms with Crippen LogP contribution >= 0.6 is 22.3 Å². The smallest absolute Gasteiger partial charge is 0.265 e. The first-order valence-electron chi connectivity index (χ1n) is 4.21. The lowest BCUT2D eigenvalue weighted by atomic mass is 10.2. The molecule has 94 valence electrons. The maximum atomic E-state index is 11.3. The van der Waals surface area contributed by atoms with Gasteiger partial charge in [-0.25, -0.2) is 8.42 Å². The molecule has 0 aliphatic rings. The monoisotopic (exact) mass is 298 g/mol. The van der Waals surface area contributed by atoms with E-state index < -0.39 is 14.3 Å². The molecular weight excluding hydrogens is 291 g/mol. The molecule has 17 heavy (non-hydrogen) atoms. The summed E-state index contributed by atoms with van der Waals surface area (Å²) in [5, 5.41) is -0.855. The summed E-state index contributed by atoms with van der Waals surface area (Å²) in [6.07, 6.45) is 0. The number of rotatable bonds is 4. The number of ether oxygens (including phenoxy) is 2. The quantitative estimate of drug-likeness (QED) is 0.795. The van der Waals surface area contributed by atoms with E-state index in [1.807, 2.05) is 0 Å². The molecule has 5 nitrogen and oxygen atoms in total. The van der Waals surface area contributed by atoms with Crippen LogP contribution in [-0.4, -0.2) is 27.9 Å². The second-order valence-corrected chi connectivity index (χ2v) is 5.79. The summed E-state index contributed by atoms with van der Waals surface area (Å²) in [5.74, 6) is 0.0735. The van der Waals surface area contributed by atoms with Gasteiger partial charge in [0.1, 0.15) is 16.4 Å². The third-order valence-corrected chi connectivity index (χ3v) is 3.51. The van der Waals surface area contributed by atoms with Crippen molar-refractivity contribution in [1.82, 2.24) is 0 Å². The Balaban J connectivity index is 3.62. The van der Waals surface area contributed by atoms with Gasteiger partial charge < -0.3 is 9.47 Å². The molecule has 1 rings (SSSR count). The van der Waals surface area contributed by atoms with Crippen molar-refractivity contribution in [3.8, 4) is 11.5 Å². The van der Waals surface area contributed by atoms with Gasteiger partial charge in [0.15, 0.2) is 0 Å². The molecule has 0 unspecified atom stereocenters. The van der Waals surface area contributed by atoms with Crippen molar-refractivity contribution in [3.05, 3.63) is 17.7 Å². The molecule has 0 heterocycles. The molecule has 0 aliphatic carbocycles. The lowest BCUT2D eigenvalue weighted by Gasteiger charge is -2.10. The van der Waals surface area contributed by atoms with Gasteiger partial charge in [-0.3, -0.25) is 4.79 Å². The van der Waals surface area contributed by atoms with Gasteiger partial charge in [0.05, 0.1) is 19.8 Å². The normalized spacial score (nSPS) is 11.1. The minimum atomic E-state index is -4.05. The molecule has 0 spiro atoms. The minimum Gasteiger partial charge on any atom is -0.496 e. The maximum Gasteiger partial charge on any atom is 0.265 e. The second-order valence-electron chi connectivity index (χ2n) is 2.91. The summed E-state index contributed by atoms with van der Waals surface area (Å²) in [4.78, 5) is 10.8. The largest absolute Gasteiger partial charge is 0.496 e. The number of carbonyl (C=O) groups excluding carboxylic acids is 1. The molecule has 0 aromatic heterocycles. The Hall–Kier alpha value is -0.980. The number of benzene rings is 1. The highest BCUT2D eigenvalue weighted by atomic mass is 35.7. The maximum absolute atomic E-state index is 11.3. The third kappa shape index (κ3) is 3.02. The molecule has 1 aromatic carbocycles. The van der Waals surface area contributed by atoms with Crippen molar-refractivity contribution in [2.45, 2.75) is 4.90 Å². The lowest BCUT2D eigenvalue weighted by Crippen LogP contribution is -2.02. The molecule has 0 fully saturated rings. The molecule has 0 radical (unpaired) electrons. The molecule has 0 saturated carbocycles. The van der Waals surface area contributed by atoms with E-state index in [4.69, 9.17) is 31.8 Å². The van der Waals surface area contributed by atoms with E-state index in [0.717, 1.165) is 6.07 Å². The van der Waals surface area contributed by atoms with Gasteiger partial charge in [0.2, 0.25) is 0 Å². The molecule has 0 atom stereocenters. The summed E-state index contributed by atoms with van der Waals surface area (Å²) in [6, 6.07) is 2.24. The zero-order valence-corrected chi connectivity index (χ0v) is 11.2. The molecule has 0 aliphatic heterocycles. The predicted octanol–water partition coefficient (Wildman–Crippen LogP) is 2.01. The number of carbonyl (C=O) groups is 1. The van der Waals surface area contributed by atoms with Crippen LogP contribution in [0, 0.1) is 0 Å². The second kappa shape index (κ2) is 5.12. The fraction of sp³-hybridized carbons (Fsp3) is 0.222. The van der Waals surface area contributed by atoms with Crippen molar-refractivity contribution >= 4 is 36.6 Å². The Morgan fingerprint density at radius 1 is 1.18 bits per heavy atom. The fourth-order valence-electron chi connectivity index (χ4n) is 1.21. The van der Waals surface area contributed by atoms with Crippen LogP contribution in [-0.2, 0) is 9.05 Å². The highest BCUT2D eigenvalue weighted by Crippen LogP contribution is 2.34. The Morgan fingerprint density at radius 3 is 2.06 bits per heavy atom. The van der Waals surface area contributed by atoms with Crippen molar-refractivity contribution in [1.29, 1.82) is 0 Å².